The molecule has 5 nitrogen and oxygen atoms in total. The van der Waals surface area contributed by atoms with Gasteiger partial charge in [-0.15, -0.1) is 0 Å². The highest BCUT2D eigenvalue weighted by atomic mass is 79.9. The van der Waals surface area contributed by atoms with Crippen LogP contribution in [0.2, 0.25) is 0 Å². The van der Waals surface area contributed by atoms with E-state index in [9.17, 15) is 4.79 Å². The summed E-state index contributed by atoms with van der Waals surface area (Å²) in [5.74, 6) is 0.873. The molecule has 2 aromatic rings. The SMILES string of the molecule is CC(C)n1ncnc1CC(=O)c1ccc(Br)o1. The Hall–Kier alpha value is -1.43. The van der Waals surface area contributed by atoms with E-state index in [2.05, 4.69) is 26.0 Å². The van der Waals surface area contributed by atoms with Gasteiger partial charge in [0.1, 0.15) is 12.2 Å². The second-order valence-corrected chi connectivity index (χ2v) is 4.70. The fourth-order valence-corrected chi connectivity index (χ4v) is 1.83. The molecule has 0 aromatic carbocycles. The molecular weight excluding hydrogens is 286 g/mol. The van der Waals surface area contributed by atoms with Crippen LogP contribution in [0.25, 0.3) is 0 Å². The van der Waals surface area contributed by atoms with E-state index >= 15 is 0 Å². The van der Waals surface area contributed by atoms with Crippen LogP contribution in [0.4, 0.5) is 0 Å². The van der Waals surface area contributed by atoms with Crippen LogP contribution in [0, 0.1) is 0 Å². The van der Waals surface area contributed by atoms with Crippen LogP contribution < -0.4 is 0 Å². The maximum Gasteiger partial charge on any atom is 0.205 e. The van der Waals surface area contributed by atoms with Gasteiger partial charge in [0, 0.05) is 6.04 Å². The summed E-state index contributed by atoms with van der Waals surface area (Å²) in [4.78, 5) is 16.0. The Labute approximate surface area is 107 Å². The molecule has 0 N–H and O–H groups in total. The predicted molar refractivity (Wildman–Crippen MR) is 64.8 cm³/mol. The smallest absolute Gasteiger partial charge is 0.205 e. The van der Waals surface area contributed by atoms with Crippen LogP contribution in [0.1, 0.15) is 36.3 Å². The lowest BCUT2D eigenvalue weighted by Crippen LogP contribution is -2.12. The van der Waals surface area contributed by atoms with Crippen LogP contribution in [0.3, 0.4) is 0 Å². The molecule has 2 aromatic heterocycles. The van der Waals surface area contributed by atoms with Crippen molar-refractivity contribution in [2.75, 3.05) is 0 Å². The van der Waals surface area contributed by atoms with Gasteiger partial charge in [-0.25, -0.2) is 9.67 Å². The lowest BCUT2D eigenvalue weighted by molar-refractivity contribution is 0.0961. The molecule has 0 atom stereocenters. The molecular formula is C11H12BrN3O2. The number of carbonyl (C=O) groups excluding carboxylic acids is 1. The van der Waals surface area contributed by atoms with E-state index in [-0.39, 0.29) is 18.2 Å². The fraction of sp³-hybridized carbons (Fsp3) is 0.364. The molecule has 0 fully saturated rings. The molecule has 0 aliphatic carbocycles. The first-order valence-electron chi connectivity index (χ1n) is 5.25. The third-order valence-corrected chi connectivity index (χ3v) is 2.73. The van der Waals surface area contributed by atoms with Crippen molar-refractivity contribution in [1.82, 2.24) is 14.8 Å². The van der Waals surface area contributed by atoms with E-state index in [0.717, 1.165) is 0 Å². The molecule has 0 saturated carbocycles. The summed E-state index contributed by atoms with van der Waals surface area (Å²) in [6.07, 6.45) is 1.65. The number of ketones is 1. The van der Waals surface area contributed by atoms with E-state index in [1.807, 2.05) is 13.8 Å². The second-order valence-electron chi connectivity index (χ2n) is 3.92. The third-order valence-electron chi connectivity index (χ3n) is 2.30. The maximum absolute atomic E-state index is 11.9. The average Bonchev–Trinajstić information content (AvgIpc) is 2.86. The second kappa shape index (κ2) is 4.83. The minimum absolute atomic E-state index is 0.106. The summed E-state index contributed by atoms with van der Waals surface area (Å²) < 4.78 is 7.48. The minimum Gasteiger partial charge on any atom is -0.446 e. The van der Waals surface area contributed by atoms with Gasteiger partial charge in [0.05, 0.1) is 6.42 Å². The summed E-state index contributed by atoms with van der Waals surface area (Å²) in [6, 6.07) is 3.52. The molecule has 2 rings (SSSR count). The number of rotatable bonds is 4. The predicted octanol–water partition coefficient (Wildman–Crippen LogP) is 2.64. The molecule has 0 saturated heterocycles. The van der Waals surface area contributed by atoms with Crippen molar-refractivity contribution in [2.24, 2.45) is 0 Å². The Bertz CT molecular complexity index is 530. The Morgan fingerprint density at radius 3 is 2.88 bits per heavy atom. The Balaban J connectivity index is 2.16. The van der Waals surface area contributed by atoms with Crippen molar-refractivity contribution in [3.05, 3.63) is 34.7 Å². The first-order valence-corrected chi connectivity index (χ1v) is 6.04. The van der Waals surface area contributed by atoms with Gasteiger partial charge < -0.3 is 4.42 Å². The number of aromatic nitrogens is 3. The summed E-state index contributed by atoms with van der Waals surface area (Å²) >= 11 is 3.16. The Morgan fingerprint density at radius 2 is 2.29 bits per heavy atom. The monoisotopic (exact) mass is 297 g/mol. The molecule has 90 valence electrons. The van der Waals surface area contributed by atoms with Crippen LogP contribution in [-0.4, -0.2) is 20.5 Å². The van der Waals surface area contributed by atoms with E-state index in [1.54, 1.807) is 16.8 Å². The van der Waals surface area contributed by atoms with Crippen molar-refractivity contribution >= 4 is 21.7 Å². The number of nitrogens with zero attached hydrogens (tertiary/aromatic N) is 3. The number of halogens is 1. The summed E-state index contributed by atoms with van der Waals surface area (Å²) in [7, 11) is 0. The molecule has 6 heteroatoms. The number of Topliss-reactive ketones (excluding diaryl/α,β-unsaturated/α-hetero) is 1. The minimum atomic E-state index is -0.106. The molecule has 0 aliphatic rings. The fourth-order valence-electron chi connectivity index (χ4n) is 1.53. The zero-order valence-corrected chi connectivity index (χ0v) is 11.1. The van der Waals surface area contributed by atoms with E-state index in [4.69, 9.17) is 4.42 Å². The van der Waals surface area contributed by atoms with Crippen molar-refractivity contribution in [3.8, 4) is 0 Å². The molecule has 0 amide bonds. The van der Waals surface area contributed by atoms with Crippen LogP contribution in [0.5, 0.6) is 0 Å². The zero-order chi connectivity index (χ0) is 12.4. The highest BCUT2D eigenvalue weighted by molar-refractivity contribution is 9.10. The highest BCUT2D eigenvalue weighted by Crippen LogP contribution is 2.16. The van der Waals surface area contributed by atoms with Crippen molar-refractivity contribution in [1.29, 1.82) is 0 Å². The number of hydrogen-bond donors (Lipinski definition) is 0. The topological polar surface area (TPSA) is 60.9 Å². The lowest BCUT2D eigenvalue weighted by Gasteiger charge is -2.07. The highest BCUT2D eigenvalue weighted by Gasteiger charge is 2.16. The van der Waals surface area contributed by atoms with Crippen molar-refractivity contribution in [3.63, 3.8) is 0 Å². The van der Waals surface area contributed by atoms with Gasteiger partial charge in [-0.05, 0) is 41.9 Å². The van der Waals surface area contributed by atoms with Gasteiger partial charge in [0.25, 0.3) is 0 Å². The summed E-state index contributed by atoms with van der Waals surface area (Å²) in [5, 5.41) is 4.08. The van der Waals surface area contributed by atoms with Gasteiger partial charge in [0.2, 0.25) is 5.78 Å². The third kappa shape index (κ3) is 2.63. The number of carbonyl (C=O) groups is 1. The molecule has 0 bridgehead atoms. The van der Waals surface area contributed by atoms with Gasteiger partial charge in [-0.2, -0.15) is 5.10 Å². The van der Waals surface area contributed by atoms with E-state index < -0.39 is 0 Å². The first kappa shape index (κ1) is 12.0. The summed E-state index contributed by atoms with van der Waals surface area (Å²) in [5.41, 5.74) is 0. The molecule has 0 spiro atoms. The number of hydrogen-bond acceptors (Lipinski definition) is 4. The Morgan fingerprint density at radius 1 is 1.53 bits per heavy atom. The molecule has 2 heterocycles. The molecule has 0 unspecified atom stereocenters. The van der Waals surface area contributed by atoms with Gasteiger partial charge in [0.15, 0.2) is 10.4 Å². The number of furan rings is 1. The summed E-state index contributed by atoms with van der Waals surface area (Å²) in [6.45, 7) is 3.98. The maximum atomic E-state index is 11.9. The molecule has 0 aliphatic heterocycles. The van der Waals surface area contributed by atoms with Gasteiger partial charge in [-0.1, -0.05) is 0 Å². The average molecular weight is 298 g/mol. The van der Waals surface area contributed by atoms with Gasteiger partial charge >= 0.3 is 0 Å². The molecule has 0 radical (unpaired) electrons. The van der Waals surface area contributed by atoms with Crippen LogP contribution in [-0.2, 0) is 6.42 Å². The quantitative estimate of drug-likeness (QED) is 0.814. The van der Waals surface area contributed by atoms with Gasteiger partial charge in [-0.3, -0.25) is 4.79 Å². The van der Waals surface area contributed by atoms with Crippen LogP contribution in [0.15, 0.2) is 27.5 Å². The molecule has 17 heavy (non-hydrogen) atoms. The first-order chi connectivity index (χ1) is 8.08. The van der Waals surface area contributed by atoms with Crippen molar-refractivity contribution in [2.45, 2.75) is 26.3 Å². The van der Waals surface area contributed by atoms with E-state index in [1.165, 1.54) is 6.33 Å². The standard InChI is InChI=1S/C11H12BrN3O2/c1-7(2)15-11(13-6-14-15)5-8(16)9-3-4-10(12)17-9/h3-4,6-7H,5H2,1-2H3. The van der Waals surface area contributed by atoms with E-state index in [0.29, 0.717) is 16.3 Å². The van der Waals surface area contributed by atoms with Crippen molar-refractivity contribution < 1.29 is 9.21 Å². The normalized spacial score (nSPS) is 11.1. The Kier molecular flexibility index (Phi) is 3.42. The zero-order valence-electron chi connectivity index (χ0n) is 9.55. The largest absolute Gasteiger partial charge is 0.446 e. The van der Waals surface area contributed by atoms with Crippen LogP contribution >= 0.6 is 15.9 Å². The lowest BCUT2D eigenvalue weighted by atomic mass is 10.2.